The topological polar surface area (TPSA) is 303 Å². The molecule has 2 aromatic rings. The molecule has 25 heteroatoms. The van der Waals surface area contributed by atoms with Crippen LogP contribution in [-0.2, 0) is 76.4 Å². The minimum absolute atomic E-state index is 0.0114. The number of fused-ring (bicyclic) bond motifs is 1. The number of hydrogen-bond acceptors (Lipinski definition) is 21. The molecule has 9 atom stereocenters. The number of nitrogens with one attached hydrogen (secondary N) is 1. The normalized spacial score (nSPS) is 26.0. The number of anilines is 1. The van der Waals surface area contributed by atoms with Crippen molar-refractivity contribution in [3.63, 3.8) is 0 Å². The van der Waals surface area contributed by atoms with E-state index in [0.29, 0.717) is 0 Å². The Morgan fingerprint density at radius 3 is 2.02 bits per heavy atom. The number of imidazole rings is 1. The first kappa shape index (κ1) is 51.7. The molecule has 0 aliphatic carbocycles. The van der Waals surface area contributed by atoms with E-state index >= 15 is 4.57 Å². The third-order valence-corrected chi connectivity index (χ3v) is 13.2. The van der Waals surface area contributed by atoms with E-state index in [1.807, 2.05) is 27.7 Å². The van der Waals surface area contributed by atoms with Gasteiger partial charge in [-0.2, -0.15) is 0 Å². The standard InChI is InChI=1S/C38H62N7O17P/c1-22(2)45(23(3)4)63(52,38(17-28(51)29(18-46)62-38)44-21-42-32-35(39)40-20-41-36(32)44)58-16-14-55-12-10-53-9-11-54-13-15-56-37-31(43-24(5)47)34(60-27(8)50)33(59-26(7)49)30(61-37)19-57-25(6)48/h20-23,28-31,33-34,37,46,51H,9-19H2,1-8H3,(H,43,47)(H2,39,40,41)/t28-,29+,30+,31+,33-,34+,37+,38-,63?/m0/s1. The molecule has 0 aromatic carbocycles. The molecule has 0 radical (unpaired) electrons. The molecule has 2 aromatic heterocycles. The van der Waals surface area contributed by atoms with E-state index in [4.69, 9.17) is 52.9 Å². The number of esters is 3. The van der Waals surface area contributed by atoms with Gasteiger partial charge in [-0.1, -0.05) is 0 Å². The molecule has 4 heterocycles. The van der Waals surface area contributed by atoms with Gasteiger partial charge in [-0.05, 0) is 27.7 Å². The number of rotatable bonds is 25. The van der Waals surface area contributed by atoms with Gasteiger partial charge in [0.25, 0.3) is 0 Å². The quantitative estimate of drug-likeness (QED) is 0.0448. The number of aliphatic hydroxyl groups excluding tert-OH is 2. The minimum atomic E-state index is -4.20. The lowest BCUT2D eigenvalue weighted by molar-refractivity contribution is -0.279. The fourth-order valence-corrected chi connectivity index (χ4v) is 10.8. The number of carbonyl (C=O) groups is 4. The Kier molecular flexibility index (Phi) is 19.6. The first-order valence-corrected chi connectivity index (χ1v) is 22.1. The average molecular weight is 920 g/mol. The Hall–Kier alpha value is -3.94. The van der Waals surface area contributed by atoms with Crippen molar-refractivity contribution in [3.8, 4) is 0 Å². The van der Waals surface area contributed by atoms with E-state index in [9.17, 15) is 29.4 Å². The summed E-state index contributed by atoms with van der Waals surface area (Å²) in [5.41, 5.74) is 4.65. The fraction of sp³-hybridized carbons (Fsp3) is 0.763. The van der Waals surface area contributed by atoms with Crippen molar-refractivity contribution in [2.24, 2.45) is 0 Å². The molecule has 63 heavy (non-hydrogen) atoms. The summed E-state index contributed by atoms with van der Waals surface area (Å²) in [4.78, 5) is 60.4. The third-order valence-electron chi connectivity index (χ3n) is 9.79. The molecule has 356 valence electrons. The van der Waals surface area contributed by atoms with E-state index in [1.165, 1.54) is 31.1 Å². The number of nitrogen functional groups attached to an aromatic ring is 1. The summed E-state index contributed by atoms with van der Waals surface area (Å²) < 4.78 is 76.2. The van der Waals surface area contributed by atoms with E-state index in [2.05, 4.69) is 20.3 Å². The Labute approximate surface area is 365 Å². The maximum atomic E-state index is 15.6. The van der Waals surface area contributed by atoms with Gasteiger partial charge in [-0.15, -0.1) is 0 Å². The van der Waals surface area contributed by atoms with Crippen LogP contribution in [0.1, 0.15) is 61.8 Å². The van der Waals surface area contributed by atoms with Gasteiger partial charge in [0.1, 0.15) is 43.0 Å². The summed E-state index contributed by atoms with van der Waals surface area (Å²) in [5, 5.41) is 23.8. The lowest BCUT2D eigenvalue weighted by Gasteiger charge is -2.46. The van der Waals surface area contributed by atoms with Crippen LogP contribution < -0.4 is 11.1 Å². The molecule has 24 nitrogen and oxygen atoms in total. The van der Waals surface area contributed by atoms with E-state index in [0.717, 1.165) is 13.8 Å². The van der Waals surface area contributed by atoms with E-state index in [1.54, 1.807) is 4.67 Å². The number of aliphatic hydroxyl groups is 2. The van der Waals surface area contributed by atoms with Crippen molar-refractivity contribution in [1.82, 2.24) is 29.5 Å². The van der Waals surface area contributed by atoms with Crippen LogP contribution in [0, 0.1) is 0 Å². The van der Waals surface area contributed by atoms with Crippen molar-refractivity contribution >= 4 is 48.3 Å². The van der Waals surface area contributed by atoms with Crippen LogP contribution in [0.15, 0.2) is 12.7 Å². The number of hydrogen-bond donors (Lipinski definition) is 4. The minimum Gasteiger partial charge on any atom is -0.463 e. The summed E-state index contributed by atoms with van der Waals surface area (Å²) in [5.74, 6) is -2.49. The van der Waals surface area contributed by atoms with Crippen LogP contribution in [0.4, 0.5) is 5.82 Å². The number of nitrogens with two attached hydrogens (primary N) is 1. The van der Waals surface area contributed by atoms with Crippen molar-refractivity contribution in [2.75, 3.05) is 71.8 Å². The highest BCUT2D eigenvalue weighted by Gasteiger charge is 2.64. The van der Waals surface area contributed by atoms with Crippen molar-refractivity contribution in [2.45, 2.75) is 122 Å². The molecular formula is C38H62N7O17P. The smallest absolute Gasteiger partial charge is 0.325 e. The van der Waals surface area contributed by atoms with Gasteiger partial charge < -0.3 is 68.4 Å². The van der Waals surface area contributed by atoms with Crippen LogP contribution in [0.25, 0.3) is 11.2 Å². The Morgan fingerprint density at radius 1 is 0.889 bits per heavy atom. The first-order chi connectivity index (χ1) is 29.9. The van der Waals surface area contributed by atoms with E-state index < -0.39 is 86.3 Å². The highest BCUT2D eigenvalue weighted by atomic mass is 31.2. The Bertz CT molecular complexity index is 1860. The lowest BCUT2D eigenvalue weighted by Crippen LogP contribution is -2.66. The van der Waals surface area contributed by atoms with Crippen molar-refractivity contribution < 1.29 is 81.1 Å². The zero-order chi connectivity index (χ0) is 46.5. The summed E-state index contributed by atoms with van der Waals surface area (Å²) >= 11 is 0. The molecular weight excluding hydrogens is 857 g/mol. The van der Waals surface area contributed by atoms with Gasteiger partial charge in [0.05, 0.1) is 65.6 Å². The molecule has 1 amide bonds. The monoisotopic (exact) mass is 919 g/mol. The van der Waals surface area contributed by atoms with Gasteiger partial charge in [0.15, 0.2) is 30.0 Å². The fourth-order valence-electron chi connectivity index (χ4n) is 7.48. The second kappa shape index (κ2) is 23.8. The SMILES string of the molecule is CC(=O)N[C@H]1[C@H](OCCOCCOCCOCCOP(=O)(N(C(C)C)C(C)C)[C@]2(n3cnc4c(N)ncnc43)C[C@H](O)[C@@H](CO)O2)O[C@H](COC(C)=O)[C@H](OC(C)=O)[C@@H]1OC(C)=O. The molecule has 2 aliphatic heterocycles. The van der Waals surface area contributed by atoms with E-state index in [-0.39, 0.29) is 94.9 Å². The summed E-state index contributed by atoms with van der Waals surface area (Å²) in [6.45, 7) is 11.8. The van der Waals surface area contributed by atoms with Gasteiger partial charge in [0, 0.05) is 46.2 Å². The molecule has 0 saturated carbocycles. The van der Waals surface area contributed by atoms with Crippen LogP contribution >= 0.6 is 7.52 Å². The predicted molar refractivity (Wildman–Crippen MR) is 218 cm³/mol. The molecule has 0 spiro atoms. The summed E-state index contributed by atoms with van der Waals surface area (Å²) in [7, 11) is -4.20. The maximum Gasteiger partial charge on any atom is 0.325 e. The maximum absolute atomic E-state index is 15.6. The van der Waals surface area contributed by atoms with Gasteiger partial charge >= 0.3 is 25.4 Å². The Balaban J connectivity index is 1.29. The number of amides is 1. The van der Waals surface area contributed by atoms with Crippen molar-refractivity contribution in [3.05, 3.63) is 12.7 Å². The molecule has 0 bridgehead atoms. The summed E-state index contributed by atoms with van der Waals surface area (Å²) in [6, 6.07) is -1.76. The highest BCUT2D eigenvalue weighted by Crippen LogP contribution is 2.70. The number of aromatic nitrogens is 4. The van der Waals surface area contributed by atoms with Gasteiger partial charge in [0.2, 0.25) is 11.4 Å². The molecule has 5 N–H and O–H groups in total. The summed E-state index contributed by atoms with van der Waals surface area (Å²) in [6.07, 6.45) is -4.73. The van der Waals surface area contributed by atoms with Crippen LogP contribution in [0.5, 0.6) is 0 Å². The molecule has 2 aliphatic rings. The zero-order valence-corrected chi connectivity index (χ0v) is 37.8. The molecule has 4 rings (SSSR count). The number of nitrogens with zero attached hydrogens (tertiary/aromatic N) is 5. The number of carbonyl (C=O) groups excluding carboxylic acids is 4. The van der Waals surface area contributed by atoms with Crippen LogP contribution in [0.2, 0.25) is 0 Å². The average Bonchev–Trinajstić information content (AvgIpc) is 3.79. The first-order valence-electron chi connectivity index (χ1n) is 20.6. The molecule has 2 saturated heterocycles. The lowest BCUT2D eigenvalue weighted by atomic mass is 9.96. The highest BCUT2D eigenvalue weighted by molar-refractivity contribution is 7.57. The van der Waals surface area contributed by atoms with Crippen molar-refractivity contribution in [1.29, 1.82) is 0 Å². The molecule has 2 fully saturated rings. The van der Waals surface area contributed by atoms with Crippen LogP contribution in [-0.4, -0.2) is 179 Å². The zero-order valence-electron chi connectivity index (χ0n) is 36.9. The Morgan fingerprint density at radius 2 is 1.48 bits per heavy atom. The third kappa shape index (κ3) is 13.1. The van der Waals surface area contributed by atoms with Gasteiger partial charge in [-0.25, -0.2) is 19.6 Å². The number of ether oxygens (including phenoxy) is 9. The largest absolute Gasteiger partial charge is 0.463 e. The predicted octanol–water partition coefficient (Wildman–Crippen LogP) is 0.212. The molecule has 1 unspecified atom stereocenters. The second-order valence-corrected chi connectivity index (χ2v) is 17.7. The second-order valence-electron chi connectivity index (χ2n) is 15.2. The van der Waals surface area contributed by atoms with Gasteiger partial charge in [-0.3, -0.25) is 28.3 Å². The van der Waals surface area contributed by atoms with Crippen LogP contribution in [0.3, 0.4) is 0 Å².